The van der Waals surface area contributed by atoms with Crippen molar-refractivity contribution in [2.24, 2.45) is 5.73 Å². The summed E-state index contributed by atoms with van der Waals surface area (Å²) >= 11 is 5.63. The van der Waals surface area contributed by atoms with E-state index in [0.717, 1.165) is 5.56 Å². The lowest BCUT2D eigenvalue weighted by Gasteiger charge is -2.08. The Bertz CT molecular complexity index is 571. The first-order valence-corrected chi connectivity index (χ1v) is 6.17. The van der Waals surface area contributed by atoms with Gasteiger partial charge in [0.15, 0.2) is 11.0 Å². The molecule has 0 aliphatic heterocycles. The molecule has 98 valence electrons. The van der Waals surface area contributed by atoms with Gasteiger partial charge in [-0.25, -0.2) is 0 Å². The molecule has 0 unspecified atom stereocenters. The number of aromatic nitrogens is 2. The van der Waals surface area contributed by atoms with Crippen LogP contribution in [0.5, 0.6) is 0 Å². The predicted molar refractivity (Wildman–Crippen MR) is 74.2 cm³/mol. The number of rotatable bonds is 4. The molecular formula is C13H13ClN4O. The first-order chi connectivity index (χ1) is 9.20. The van der Waals surface area contributed by atoms with Crippen LogP contribution in [0, 0.1) is 0 Å². The summed E-state index contributed by atoms with van der Waals surface area (Å²) in [5.74, 6) is 0.123. The molecule has 1 aromatic carbocycles. The highest BCUT2D eigenvalue weighted by Gasteiger charge is 2.11. The molecule has 2 aromatic rings. The van der Waals surface area contributed by atoms with Gasteiger partial charge in [0, 0.05) is 5.56 Å². The largest absolute Gasteiger partial charge is 0.330 e. The molecule has 0 atom stereocenters. The molecule has 0 radical (unpaired) electrons. The highest BCUT2D eigenvalue weighted by atomic mass is 35.5. The maximum absolute atomic E-state index is 12.1. The van der Waals surface area contributed by atoms with Crippen LogP contribution in [0.4, 0.5) is 5.82 Å². The highest BCUT2D eigenvalue weighted by Crippen LogP contribution is 2.12. The quantitative estimate of drug-likeness (QED) is 0.893. The fourth-order valence-electron chi connectivity index (χ4n) is 1.68. The minimum absolute atomic E-state index is 0.235. The number of amides is 1. The van der Waals surface area contributed by atoms with E-state index in [2.05, 4.69) is 15.5 Å². The Morgan fingerprint density at radius 1 is 1.21 bits per heavy atom. The van der Waals surface area contributed by atoms with Crippen molar-refractivity contribution in [2.45, 2.75) is 6.42 Å². The van der Waals surface area contributed by atoms with Crippen LogP contribution in [0.25, 0.3) is 0 Å². The molecule has 0 aliphatic carbocycles. The molecule has 5 nitrogen and oxygen atoms in total. The number of nitrogens with two attached hydrogens (primary N) is 1. The number of carbonyl (C=O) groups is 1. The first-order valence-electron chi connectivity index (χ1n) is 5.79. The molecule has 6 heteroatoms. The third kappa shape index (κ3) is 3.49. The van der Waals surface area contributed by atoms with Gasteiger partial charge in [0.25, 0.3) is 5.91 Å². The van der Waals surface area contributed by atoms with Crippen molar-refractivity contribution in [1.29, 1.82) is 0 Å². The van der Waals surface area contributed by atoms with E-state index >= 15 is 0 Å². The van der Waals surface area contributed by atoms with Gasteiger partial charge in [-0.15, -0.1) is 10.2 Å². The van der Waals surface area contributed by atoms with Crippen LogP contribution >= 0.6 is 11.6 Å². The maximum atomic E-state index is 12.1. The smallest absolute Gasteiger partial charge is 0.257 e. The van der Waals surface area contributed by atoms with E-state index in [-0.39, 0.29) is 11.1 Å². The molecule has 2 rings (SSSR count). The van der Waals surface area contributed by atoms with Gasteiger partial charge < -0.3 is 11.1 Å². The van der Waals surface area contributed by atoms with Crippen molar-refractivity contribution in [1.82, 2.24) is 10.2 Å². The van der Waals surface area contributed by atoms with Crippen molar-refractivity contribution < 1.29 is 4.79 Å². The third-order valence-corrected chi connectivity index (χ3v) is 2.75. The Kier molecular flexibility index (Phi) is 4.43. The minimum Gasteiger partial charge on any atom is -0.330 e. The number of carbonyl (C=O) groups excluding carboxylic acids is 1. The van der Waals surface area contributed by atoms with Crippen LogP contribution in [0.3, 0.4) is 0 Å². The number of benzene rings is 1. The molecule has 3 N–H and O–H groups in total. The molecule has 0 fully saturated rings. The molecule has 0 saturated heterocycles. The summed E-state index contributed by atoms with van der Waals surface area (Å²) in [5.41, 5.74) is 7.02. The number of hydrogen-bond donors (Lipinski definition) is 2. The molecule has 1 amide bonds. The summed E-state index contributed by atoms with van der Waals surface area (Å²) in [7, 11) is 0. The number of anilines is 1. The lowest BCUT2D eigenvalue weighted by molar-refractivity contribution is 0.102. The average molecular weight is 277 g/mol. The molecule has 0 aliphatic rings. The molecule has 0 bridgehead atoms. The van der Waals surface area contributed by atoms with E-state index in [1.54, 1.807) is 18.2 Å². The molecule has 0 saturated carbocycles. The van der Waals surface area contributed by atoms with Crippen LogP contribution in [0.1, 0.15) is 15.9 Å². The Balaban J connectivity index is 2.18. The van der Waals surface area contributed by atoms with Gasteiger partial charge in [-0.05, 0) is 36.7 Å². The number of hydrogen-bond acceptors (Lipinski definition) is 4. The summed E-state index contributed by atoms with van der Waals surface area (Å²) in [4.78, 5) is 12.1. The zero-order valence-electron chi connectivity index (χ0n) is 10.1. The fourth-order valence-corrected chi connectivity index (χ4v) is 1.78. The summed E-state index contributed by atoms with van der Waals surface area (Å²) in [6.07, 6.45) is 0.649. The van der Waals surface area contributed by atoms with Crippen molar-refractivity contribution in [2.75, 3.05) is 11.9 Å². The second-order valence-electron chi connectivity index (χ2n) is 3.89. The summed E-state index contributed by atoms with van der Waals surface area (Å²) in [6.45, 7) is 0.491. The van der Waals surface area contributed by atoms with Gasteiger partial charge in [-0.2, -0.15) is 0 Å². The second-order valence-corrected chi connectivity index (χ2v) is 4.28. The molecule has 19 heavy (non-hydrogen) atoms. The van der Waals surface area contributed by atoms with E-state index in [1.807, 2.05) is 18.2 Å². The summed E-state index contributed by atoms with van der Waals surface area (Å²) in [5, 5.41) is 10.4. The van der Waals surface area contributed by atoms with Crippen LogP contribution in [-0.2, 0) is 6.42 Å². The third-order valence-electron chi connectivity index (χ3n) is 2.55. The topological polar surface area (TPSA) is 80.9 Å². The normalized spacial score (nSPS) is 10.2. The molecule has 1 heterocycles. The standard InChI is InChI=1S/C13H13ClN4O/c14-11-5-6-12(18-17-11)16-13(19)10-4-2-1-3-9(10)7-8-15/h1-6H,7-8,15H2,(H,16,18,19). The first kappa shape index (κ1) is 13.5. The zero-order chi connectivity index (χ0) is 13.7. The van der Waals surface area contributed by atoms with Crippen molar-refractivity contribution >= 4 is 23.3 Å². The van der Waals surface area contributed by atoms with Crippen molar-refractivity contribution in [3.05, 3.63) is 52.7 Å². The van der Waals surface area contributed by atoms with Crippen LogP contribution in [-0.4, -0.2) is 22.6 Å². The van der Waals surface area contributed by atoms with Crippen LogP contribution in [0.15, 0.2) is 36.4 Å². The van der Waals surface area contributed by atoms with Gasteiger partial charge in [0.2, 0.25) is 0 Å². The second kappa shape index (κ2) is 6.26. The van der Waals surface area contributed by atoms with Gasteiger partial charge >= 0.3 is 0 Å². The Labute approximate surface area is 115 Å². The van der Waals surface area contributed by atoms with E-state index < -0.39 is 0 Å². The zero-order valence-corrected chi connectivity index (χ0v) is 10.9. The van der Waals surface area contributed by atoms with Gasteiger partial charge in [-0.1, -0.05) is 29.8 Å². The van der Waals surface area contributed by atoms with Crippen LogP contribution in [0.2, 0.25) is 5.15 Å². The van der Waals surface area contributed by atoms with E-state index in [1.165, 1.54) is 0 Å². The number of nitrogens with one attached hydrogen (secondary N) is 1. The average Bonchev–Trinajstić information content (AvgIpc) is 2.42. The minimum atomic E-state index is -0.235. The van der Waals surface area contributed by atoms with Gasteiger partial charge in [0.05, 0.1) is 0 Å². The lowest BCUT2D eigenvalue weighted by Crippen LogP contribution is -2.16. The Hall–Kier alpha value is -1.98. The van der Waals surface area contributed by atoms with Gasteiger partial charge in [0.1, 0.15) is 0 Å². The highest BCUT2D eigenvalue weighted by molar-refractivity contribution is 6.29. The van der Waals surface area contributed by atoms with Crippen LogP contribution < -0.4 is 11.1 Å². The SMILES string of the molecule is NCCc1ccccc1C(=O)Nc1ccc(Cl)nn1. The van der Waals surface area contributed by atoms with Crippen molar-refractivity contribution in [3.63, 3.8) is 0 Å². The molecule has 1 aromatic heterocycles. The monoisotopic (exact) mass is 276 g/mol. The summed E-state index contributed by atoms with van der Waals surface area (Å²) < 4.78 is 0. The van der Waals surface area contributed by atoms with E-state index in [0.29, 0.717) is 24.3 Å². The predicted octanol–water partition coefficient (Wildman–Crippen LogP) is 1.88. The Morgan fingerprint density at radius 2 is 2.00 bits per heavy atom. The number of halogens is 1. The van der Waals surface area contributed by atoms with E-state index in [4.69, 9.17) is 17.3 Å². The fraction of sp³-hybridized carbons (Fsp3) is 0.154. The Morgan fingerprint density at radius 3 is 2.68 bits per heavy atom. The maximum Gasteiger partial charge on any atom is 0.257 e. The molecule has 0 spiro atoms. The molecular weight excluding hydrogens is 264 g/mol. The van der Waals surface area contributed by atoms with E-state index in [9.17, 15) is 4.79 Å². The van der Waals surface area contributed by atoms with Gasteiger partial charge in [-0.3, -0.25) is 4.79 Å². The number of nitrogens with zero attached hydrogens (tertiary/aromatic N) is 2. The lowest BCUT2D eigenvalue weighted by atomic mass is 10.0. The van der Waals surface area contributed by atoms with Crippen molar-refractivity contribution in [3.8, 4) is 0 Å². The summed E-state index contributed by atoms with van der Waals surface area (Å²) in [6, 6.07) is 10.5.